The molecule has 0 atom stereocenters. The second kappa shape index (κ2) is 6.71. The number of nitrogens with one attached hydrogen (secondary N) is 1. The SMILES string of the molecule is Cc1cc(C)cc(NC(=O)CN2CCCCCC2)c1. The summed E-state index contributed by atoms with van der Waals surface area (Å²) in [5, 5.41) is 3.01. The van der Waals surface area contributed by atoms with Crippen LogP contribution in [0, 0.1) is 13.8 Å². The van der Waals surface area contributed by atoms with Crippen molar-refractivity contribution in [3.05, 3.63) is 29.3 Å². The summed E-state index contributed by atoms with van der Waals surface area (Å²) in [6.07, 6.45) is 5.04. The highest BCUT2D eigenvalue weighted by Gasteiger charge is 2.13. The Labute approximate surface area is 116 Å². The van der Waals surface area contributed by atoms with Crippen LogP contribution < -0.4 is 5.32 Å². The minimum absolute atomic E-state index is 0.104. The van der Waals surface area contributed by atoms with Gasteiger partial charge in [-0.1, -0.05) is 18.9 Å². The molecule has 1 amide bonds. The van der Waals surface area contributed by atoms with Gasteiger partial charge in [-0.15, -0.1) is 0 Å². The summed E-state index contributed by atoms with van der Waals surface area (Å²) in [5.74, 6) is 0.104. The number of rotatable bonds is 3. The molecule has 1 fully saturated rings. The fourth-order valence-electron chi connectivity index (χ4n) is 2.74. The van der Waals surface area contributed by atoms with E-state index in [2.05, 4.69) is 30.1 Å². The highest BCUT2D eigenvalue weighted by Crippen LogP contribution is 2.14. The summed E-state index contributed by atoms with van der Waals surface area (Å²) >= 11 is 0. The molecule has 1 aliphatic heterocycles. The molecule has 1 N–H and O–H groups in total. The van der Waals surface area contributed by atoms with Gasteiger partial charge in [0.2, 0.25) is 5.91 Å². The van der Waals surface area contributed by atoms with E-state index in [4.69, 9.17) is 0 Å². The number of carbonyl (C=O) groups is 1. The number of carbonyl (C=O) groups excluding carboxylic acids is 1. The molecule has 19 heavy (non-hydrogen) atoms. The van der Waals surface area contributed by atoms with Gasteiger partial charge < -0.3 is 5.32 Å². The lowest BCUT2D eigenvalue weighted by molar-refractivity contribution is -0.117. The Kier molecular flexibility index (Phi) is 4.97. The zero-order chi connectivity index (χ0) is 13.7. The van der Waals surface area contributed by atoms with Gasteiger partial charge in [0, 0.05) is 5.69 Å². The maximum atomic E-state index is 12.1. The van der Waals surface area contributed by atoms with E-state index in [1.165, 1.54) is 36.8 Å². The zero-order valence-electron chi connectivity index (χ0n) is 12.0. The van der Waals surface area contributed by atoms with Crippen LogP contribution in [0.5, 0.6) is 0 Å². The second-order valence-electron chi connectivity index (χ2n) is 5.61. The molecule has 0 aliphatic carbocycles. The van der Waals surface area contributed by atoms with Gasteiger partial charge >= 0.3 is 0 Å². The van der Waals surface area contributed by atoms with Crippen LogP contribution in [0.2, 0.25) is 0 Å². The van der Waals surface area contributed by atoms with E-state index in [9.17, 15) is 4.79 Å². The molecule has 1 heterocycles. The van der Waals surface area contributed by atoms with E-state index >= 15 is 0 Å². The molecule has 0 spiro atoms. The number of amides is 1. The van der Waals surface area contributed by atoms with Gasteiger partial charge in [-0.25, -0.2) is 0 Å². The summed E-state index contributed by atoms with van der Waals surface area (Å²) in [6, 6.07) is 6.16. The van der Waals surface area contributed by atoms with Crippen LogP contribution in [0.4, 0.5) is 5.69 Å². The minimum atomic E-state index is 0.104. The number of anilines is 1. The highest BCUT2D eigenvalue weighted by molar-refractivity contribution is 5.92. The number of hydrogen-bond acceptors (Lipinski definition) is 2. The molecule has 1 aromatic carbocycles. The molecule has 1 saturated heterocycles. The van der Waals surface area contributed by atoms with Crippen molar-refractivity contribution in [1.82, 2.24) is 4.90 Å². The van der Waals surface area contributed by atoms with Crippen LogP contribution in [-0.4, -0.2) is 30.4 Å². The first-order valence-corrected chi connectivity index (χ1v) is 7.24. The average Bonchev–Trinajstić information content (AvgIpc) is 2.55. The first kappa shape index (κ1) is 14.1. The van der Waals surface area contributed by atoms with Crippen molar-refractivity contribution in [3.8, 4) is 0 Å². The number of aryl methyl sites for hydroxylation is 2. The maximum absolute atomic E-state index is 12.1. The zero-order valence-corrected chi connectivity index (χ0v) is 12.0. The van der Waals surface area contributed by atoms with Crippen molar-refractivity contribution in [2.45, 2.75) is 39.5 Å². The van der Waals surface area contributed by atoms with Gasteiger partial charge in [0.1, 0.15) is 0 Å². The maximum Gasteiger partial charge on any atom is 0.238 e. The summed E-state index contributed by atoms with van der Waals surface area (Å²) in [4.78, 5) is 14.3. The predicted molar refractivity (Wildman–Crippen MR) is 79.5 cm³/mol. The van der Waals surface area contributed by atoms with E-state index in [0.29, 0.717) is 6.54 Å². The first-order valence-electron chi connectivity index (χ1n) is 7.24. The normalized spacial score (nSPS) is 16.9. The standard InChI is InChI=1S/C16H24N2O/c1-13-9-14(2)11-15(10-13)17-16(19)12-18-7-5-3-4-6-8-18/h9-11H,3-8,12H2,1-2H3,(H,17,19). The monoisotopic (exact) mass is 260 g/mol. The third kappa shape index (κ3) is 4.67. The lowest BCUT2D eigenvalue weighted by Crippen LogP contribution is -2.33. The Morgan fingerprint density at radius 1 is 1.05 bits per heavy atom. The molecule has 1 aromatic rings. The third-order valence-corrected chi connectivity index (χ3v) is 3.57. The van der Waals surface area contributed by atoms with E-state index in [-0.39, 0.29) is 5.91 Å². The third-order valence-electron chi connectivity index (χ3n) is 3.57. The van der Waals surface area contributed by atoms with E-state index < -0.39 is 0 Å². The van der Waals surface area contributed by atoms with Crippen molar-refractivity contribution in [1.29, 1.82) is 0 Å². The Morgan fingerprint density at radius 2 is 1.63 bits per heavy atom. The lowest BCUT2D eigenvalue weighted by Gasteiger charge is -2.19. The molecule has 0 bridgehead atoms. The fourth-order valence-corrected chi connectivity index (χ4v) is 2.74. The van der Waals surface area contributed by atoms with Crippen molar-refractivity contribution in [2.75, 3.05) is 25.0 Å². The molecule has 0 aromatic heterocycles. The summed E-state index contributed by atoms with van der Waals surface area (Å²) in [7, 11) is 0. The fraction of sp³-hybridized carbons (Fsp3) is 0.562. The van der Waals surface area contributed by atoms with Crippen LogP contribution in [0.3, 0.4) is 0 Å². The largest absolute Gasteiger partial charge is 0.325 e. The van der Waals surface area contributed by atoms with Crippen LogP contribution in [0.15, 0.2) is 18.2 Å². The van der Waals surface area contributed by atoms with E-state index in [1.54, 1.807) is 0 Å². The molecule has 1 aliphatic rings. The van der Waals surface area contributed by atoms with Crippen molar-refractivity contribution >= 4 is 11.6 Å². The highest BCUT2D eigenvalue weighted by atomic mass is 16.2. The lowest BCUT2D eigenvalue weighted by atomic mass is 10.1. The Hall–Kier alpha value is -1.35. The van der Waals surface area contributed by atoms with Gasteiger partial charge in [0.15, 0.2) is 0 Å². The first-order chi connectivity index (χ1) is 9.13. The number of hydrogen-bond donors (Lipinski definition) is 1. The topological polar surface area (TPSA) is 32.3 Å². The molecule has 3 nitrogen and oxygen atoms in total. The summed E-state index contributed by atoms with van der Waals surface area (Å²) in [5.41, 5.74) is 3.28. The molecule has 2 rings (SSSR count). The van der Waals surface area contributed by atoms with Crippen LogP contribution in [0.25, 0.3) is 0 Å². The van der Waals surface area contributed by atoms with Gasteiger partial charge in [-0.05, 0) is 63.0 Å². The number of nitrogens with zero attached hydrogens (tertiary/aromatic N) is 1. The molecule has 0 saturated carbocycles. The Bertz CT molecular complexity index is 414. The van der Waals surface area contributed by atoms with Crippen LogP contribution in [0.1, 0.15) is 36.8 Å². The molecule has 0 radical (unpaired) electrons. The molecule has 104 valence electrons. The number of likely N-dealkylation sites (tertiary alicyclic amines) is 1. The van der Waals surface area contributed by atoms with Gasteiger partial charge in [-0.2, -0.15) is 0 Å². The van der Waals surface area contributed by atoms with Crippen molar-refractivity contribution in [2.24, 2.45) is 0 Å². The van der Waals surface area contributed by atoms with Gasteiger partial charge in [-0.3, -0.25) is 9.69 Å². The minimum Gasteiger partial charge on any atom is -0.325 e. The molecular weight excluding hydrogens is 236 g/mol. The van der Waals surface area contributed by atoms with Crippen LogP contribution >= 0.6 is 0 Å². The molecular formula is C16H24N2O. The van der Waals surface area contributed by atoms with Crippen molar-refractivity contribution < 1.29 is 4.79 Å². The molecule has 0 unspecified atom stereocenters. The van der Waals surface area contributed by atoms with Crippen LogP contribution in [-0.2, 0) is 4.79 Å². The second-order valence-corrected chi connectivity index (χ2v) is 5.61. The predicted octanol–water partition coefficient (Wildman–Crippen LogP) is 3.12. The van der Waals surface area contributed by atoms with Crippen molar-refractivity contribution in [3.63, 3.8) is 0 Å². The van der Waals surface area contributed by atoms with Gasteiger partial charge in [0.25, 0.3) is 0 Å². The van der Waals surface area contributed by atoms with E-state index in [1.807, 2.05) is 12.1 Å². The summed E-state index contributed by atoms with van der Waals surface area (Å²) in [6.45, 7) is 6.74. The Morgan fingerprint density at radius 3 is 2.21 bits per heavy atom. The number of benzene rings is 1. The molecule has 3 heteroatoms. The van der Waals surface area contributed by atoms with E-state index in [0.717, 1.165) is 18.8 Å². The quantitative estimate of drug-likeness (QED) is 0.905. The average molecular weight is 260 g/mol. The van der Waals surface area contributed by atoms with Gasteiger partial charge in [0.05, 0.1) is 6.54 Å². The Balaban J connectivity index is 1.89. The summed E-state index contributed by atoms with van der Waals surface area (Å²) < 4.78 is 0. The smallest absolute Gasteiger partial charge is 0.238 e.